The molecule has 0 aliphatic rings. The molecule has 0 bridgehead atoms. The van der Waals surface area contributed by atoms with E-state index < -0.39 is 0 Å². The zero-order valence-electron chi connectivity index (χ0n) is 12.1. The number of anilines is 2. The Labute approximate surface area is 119 Å². The summed E-state index contributed by atoms with van der Waals surface area (Å²) in [6, 6.07) is 5.58. The Bertz CT molecular complexity index is 435. The number of rotatable bonds is 6. The first-order chi connectivity index (χ1) is 8.95. The summed E-state index contributed by atoms with van der Waals surface area (Å²) < 4.78 is 0. The van der Waals surface area contributed by atoms with Crippen molar-refractivity contribution in [1.29, 1.82) is 0 Å². The highest BCUT2D eigenvalue weighted by molar-refractivity contribution is 7.98. The van der Waals surface area contributed by atoms with Crippen molar-refractivity contribution in [3.05, 3.63) is 23.8 Å². The van der Waals surface area contributed by atoms with Crippen LogP contribution in [0.15, 0.2) is 18.2 Å². The van der Waals surface area contributed by atoms with E-state index in [0.29, 0.717) is 11.3 Å². The maximum absolute atomic E-state index is 12.1. The largest absolute Gasteiger partial charge is 0.397 e. The van der Waals surface area contributed by atoms with Crippen LogP contribution in [0, 0.1) is 0 Å². The average molecular weight is 281 g/mol. The van der Waals surface area contributed by atoms with Crippen LogP contribution in [-0.2, 0) is 0 Å². The maximum Gasteiger partial charge on any atom is 0.251 e. The number of nitrogen functional groups attached to an aromatic ring is 1. The van der Waals surface area contributed by atoms with Gasteiger partial charge in [0.05, 0.1) is 11.4 Å². The molecular formula is C14H23N3OS. The molecule has 1 rings (SSSR count). The van der Waals surface area contributed by atoms with E-state index in [0.717, 1.165) is 17.9 Å². The minimum Gasteiger partial charge on any atom is -0.397 e. The molecule has 0 spiro atoms. The number of carbonyl (C=O) groups excluding carboxylic acids is 1. The molecule has 1 atom stereocenters. The Balaban J connectivity index is 2.70. The average Bonchev–Trinajstić information content (AvgIpc) is 2.35. The molecule has 106 valence electrons. The van der Waals surface area contributed by atoms with Crippen molar-refractivity contribution in [3.8, 4) is 0 Å². The molecular weight excluding hydrogens is 258 g/mol. The van der Waals surface area contributed by atoms with Crippen LogP contribution in [0.2, 0.25) is 0 Å². The first kappa shape index (κ1) is 15.7. The molecule has 0 aromatic heterocycles. The molecule has 0 heterocycles. The van der Waals surface area contributed by atoms with Gasteiger partial charge in [0.1, 0.15) is 0 Å². The van der Waals surface area contributed by atoms with Crippen LogP contribution in [-0.4, -0.2) is 38.1 Å². The van der Waals surface area contributed by atoms with Gasteiger partial charge in [0.15, 0.2) is 0 Å². The lowest BCUT2D eigenvalue weighted by molar-refractivity contribution is 0.0939. The summed E-state index contributed by atoms with van der Waals surface area (Å²) >= 11 is 1.78. The molecule has 0 saturated carbocycles. The predicted molar refractivity (Wildman–Crippen MR) is 85.1 cm³/mol. The van der Waals surface area contributed by atoms with E-state index in [-0.39, 0.29) is 11.9 Å². The maximum atomic E-state index is 12.1. The van der Waals surface area contributed by atoms with Crippen LogP contribution in [0.4, 0.5) is 11.4 Å². The minimum atomic E-state index is -0.0643. The van der Waals surface area contributed by atoms with Gasteiger partial charge in [0.2, 0.25) is 0 Å². The van der Waals surface area contributed by atoms with Crippen molar-refractivity contribution in [1.82, 2.24) is 5.32 Å². The summed E-state index contributed by atoms with van der Waals surface area (Å²) in [4.78, 5) is 14.0. The first-order valence-electron chi connectivity index (χ1n) is 6.32. The lowest BCUT2D eigenvalue weighted by Gasteiger charge is -2.17. The number of hydrogen-bond acceptors (Lipinski definition) is 4. The van der Waals surface area contributed by atoms with Gasteiger partial charge in [-0.3, -0.25) is 4.79 Å². The Morgan fingerprint density at radius 3 is 2.68 bits per heavy atom. The Kier molecular flexibility index (Phi) is 6.02. The second-order valence-electron chi connectivity index (χ2n) is 4.82. The molecule has 0 radical (unpaired) electrons. The first-order valence-corrected chi connectivity index (χ1v) is 7.71. The lowest BCUT2D eigenvalue weighted by Crippen LogP contribution is -2.33. The van der Waals surface area contributed by atoms with Gasteiger partial charge in [-0.2, -0.15) is 11.8 Å². The van der Waals surface area contributed by atoms with Gasteiger partial charge in [-0.25, -0.2) is 0 Å². The monoisotopic (exact) mass is 281 g/mol. The highest BCUT2D eigenvalue weighted by atomic mass is 32.2. The van der Waals surface area contributed by atoms with Gasteiger partial charge in [-0.05, 0) is 43.6 Å². The highest BCUT2D eigenvalue weighted by Gasteiger charge is 2.11. The van der Waals surface area contributed by atoms with E-state index >= 15 is 0 Å². The van der Waals surface area contributed by atoms with E-state index in [4.69, 9.17) is 5.73 Å². The van der Waals surface area contributed by atoms with Crippen LogP contribution in [0.5, 0.6) is 0 Å². The Morgan fingerprint density at radius 2 is 2.16 bits per heavy atom. The third-order valence-electron chi connectivity index (χ3n) is 2.90. The van der Waals surface area contributed by atoms with E-state index in [9.17, 15) is 4.79 Å². The van der Waals surface area contributed by atoms with Crippen LogP contribution in [0.1, 0.15) is 23.7 Å². The van der Waals surface area contributed by atoms with Crippen LogP contribution in [0.25, 0.3) is 0 Å². The van der Waals surface area contributed by atoms with Crippen molar-refractivity contribution >= 4 is 29.0 Å². The molecule has 1 aromatic carbocycles. The number of benzene rings is 1. The molecule has 1 unspecified atom stereocenters. The SMILES string of the molecule is CSCCC(C)NC(=O)c1ccc(N(C)C)c(N)c1. The molecule has 0 aliphatic carbocycles. The summed E-state index contributed by atoms with van der Waals surface area (Å²) in [5, 5.41) is 2.99. The number of nitrogens with zero attached hydrogens (tertiary/aromatic N) is 1. The van der Waals surface area contributed by atoms with Gasteiger partial charge in [0, 0.05) is 25.7 Å². The van der Waals surface area contributed by atoms with Gasteiger partial charge in [-0.15, -0.1) is 0 Å². The summed E-state index contributed by atoms with van der Waals surface area (Å²) in [5.74, 6) is 0.981. The number of nitrogens with two attached hydrogens (primary N) is 1. The van der Waals surface area contributed by atoms with Crippen molar-refractivity contribution in [2.45, 2.75) is 19.4 Å². The summed E-state index contributed by atoms with van der Waals surface area (Å²) in [7, 11) is 3.85. The number of carbonyl (C=O) groups is 1. The fraction of sp³-hybridized carbons (Fsp3) is 0.500. The number of thioether (sulfide) groups is 1. The second kappa shape index (κ2) is 7.28. The molecule has 0 aliphatic heterocycles. The summed E-state index contributed by atoms with van der Waals surface area (Å²) in [6.07, 6.45) is 3.04. The summed E-state index contributed by atoms with van der Waals surface area (Å²) in [6.45, 7) is 2.02. The molecule has 3 N–H and O–H groups in total. The molecule has 1 aromatic rings. The number of nitrogens with one attached hydrogen (secondary N) is 1. The smallest absolute Gasteiger partial charge is 0.251 e. The van der Waals surface area contributed by atoms with Gasteiger partial charge in [0.25, 0.3) is 5.91 Å². The number of amides is 1. The van der Waals surface area contributed by atoms with Crippen LogP contribution >= 0.6 is 11.8 Å². The van der Waals surface area contributed by atoms with Gasteiger partial charge < -0.3 is 16.0 Å². The third-order valence-corrected chi connectivity index (χ3v) is 3.55. The molecule has 4 nitrogen and oxygen atoms in total. The van der Waals surface area contributed by atoms with Crippen LogP contribution < -0.4 is 16.0 Å². The van der Waals surface area contributed by atoms with E-state index in [2.05, 4.69) is 11.6 Å². The van der Waals surface area contributed by atoms with Crippen molar-refractivity contribution in [3.63, 3.8) is 0 Å². The van der Waals surface area contributed by atoms with Gasteiger partial charge >= 0.3 is 0 Å². The van der Waals surface area contributed by atoms with E-state index in [1.807, 2.05) is 38.1 Å². The normalized spacial score (nSPS) is 12.0. The summed E-state index contributed by atoms with van der Waals surface area (Å²) in [5.41, 5.74) is 8.10. The molecule has 0 fully saturated rings. The second-order valence-corrected chi connectivity index (χ2v) is 5.81. The zero-order valence-corrected chi connectivity index (χ0v) is 12.9. The van der Waals surface area contributed by atoms with Gasteiger partial charge in [-0.1, -0.05) is 0 Å². The lowest BCUT2D eigenvalue weighted by atomic mass is 10.1. The standard InChI is InChI=1S/C14H23N3OS/c1-10(7-8-19-4)16-14(18)11-5-6-13(17(2)3)12(15)9-11/h5-6,9-10H,7-8,15H2,1-4H3,(H,16,18). The zero-order chi connectivity index (χ0) is 14.4. The van der Waals surface area contributed by atoms with Crippen LogP contribution in [0.3, 0.4) is 0 Å². The predicted octanol–water partition coefficient (Wildman–Crippen LogP) is 2.21. The Morgan fingerprint density at radius 1 is 1.47 bits per heavy atom. The minimum absolute atomic E-state index is 0.0643. The highest BCUT2D eigenvalue weighted by Crippen LogP contribution is 2.22. The van der Waals surface area contributed by atoms with Crippen molar-refractivity contribution in [2.24, 2.45) is 0 Å². The molecule has 0 saturated heterocycles. The Hall–Kier alpha value is -1.36. The fourth-order valence-electron chi connectivity index (χ4n) is 1.78. The van der Waals surface area contributed by atoms with Crippen molar-refractivity contribution < 1.29 is 4.79 Å². The molecule has 1 amide bonds. The topological polar surface area (TPSA) is 58.4 Å². The number of hydrogen-bond donors (Lipinski definition) is 2. The molecule has 19 heavy (non-hydrogen) atoms. The molecule has 5 heteroatoms. The fourth-order valence-corrected chi connectivity index (χ4v) is 2.37. The third kappa shape index (κ3) is 4.67. The van der Waals surface area contributed by atoms with Crippen molar-refractivity contribution in [2.75, 3.05) is 36.7 Å². The van der Waals surface area contributed by atoms with E-state index in [1.165, 1.54) is 0 Å². The quantitative estimate of drug-likeness (QED) is 0.785. The van der Waals surface area contributed by atoms with E-state index in [1.54, 1.807) is 17.8 Å².